The predicted octanol–water partition coefficient (Wildman–Crippen LogP) is 2.63. The lowest BCUT2D eigenvalue weighted by Crippen LogP contribution is -2.44. The van der Waals surface area contributed by atoms with Gasteiger partial charge in [-0.05, 0) is 25.8 Å². The van der Waals surface area contributed by atoms with Crippen molar-refractivity contribution in [1.82, 2.24) is 10.6 Å². The molecule has 1 unspecified atom stereocenters. The Morgan fingerprint density at radius 2 is 2.08 bits per heavy atom. The predicted molar refractivity (Wildman–Crippen MR) is 116 cm³/mol. The van der Waals surface area contributed by atoms with E-state index in [-0.39, 0.29) is 46.9 Å². The first-order chi connectivity index (χ1) is 11.2. The molecule has 1 aromatic rings. The molecule has 5 nitrogen and oxygen atoms in total. The lowest BCUT2D eigenvalue weighted by Gasteiger charge is -2.25. The molecule has 25 heavy (non-hydrogen) atoms. The van der Waals surface area contributed by atoms with Crippen LogP contribution in [0.25, 0.3) is 0 Å². The van der Waals surface area contributed by atoms with Crippen LogP contribution in [0.3, 0.4) is 0 Å². The van der Waals surface area contributed by atoms with Crippen LogP contribution in [0.15, 0.2) is 29.3 Å². The first-order valence-electron chi connectivity index (χ1n) is 8.54. The lowest BCUT2D eigenvalue weighted by atomic mass is 9.84. The summed E-state index contributed by atoms with van der Waals surface area (Å²) in [5.74, 6) is 1.15. The molecule has 7 heteroatoms. The van der Waals surface area contributed by atoms with E-state index in [1.165, 1.54) is 11.1 Å². The number of hydrogen-bond donors (Lipinski definition) is 2. The molecule has 0 aromatic heterocycles. The number of nitrogens with zero attached hydrogens (tertiary/aromatic N) is 1. The Bertz CT molecular complexity index is 702. The fourth-order valence-corrected chi connectivity index (χ4v) is 4.53. The van der Waals surface area contributed by atoms with Gasteiger partial charge in [0.1, 0.15) is 0 Å². The molecule has 142 valence electrons. The third-order valence-corrected chi connectivity index (χ3v) is 6.12. The smallest absolute Gasteiger partial charge is 0.191 e. The molecular weight excluding hydrogens is 449 g/mol. The van der Waals surface area contributed by atoms with Gasteiger partial charge in [-0.1, -0.05) is 43.7 Å². The van der Waals surface area contributed by atoms with Crippen molar-refractivity contribution in [2.24, 2.45) is 4.99 Å². The van der Waals surface area contributed by atoms with Crippen LogP contribution in [0.5, 0.6) is 0 Å². The Labute approximate surface area is 169 Å². The van der Waals surface area contributed by atoms with Crippen molar-refractivity contribution in [2.75, 3.05) is 24.6 Å². The summed E-state index contributed by atoms with van der Waals surface area (Å²) in [6.07, 6.45) is 0.647. The highest BCUT2D eigenvalue weighted by atomic mass is 127. The van der Waals surface area contributed by atoms with Gasteiger partial charge >= 0.3 is 0 Å². The summed E-state index contributed by atoms with van der Waals surface area (Å²) in [5.41, 5.74) is 2.41. The number of hydrogen-bond acceptors (Lipinski definition) is 3. The van der Waals surface area contributed by atoms with Crippen molar-refractivity contribution in [3.05, 3.63) is 35.4 Å². The van der Waals surface area contributed by atoms with Crippen LogP contribution in [-0.4, -0.2) is 45.0 Å². The molecule has 1 aliphatic rings. The summed E-state index contributed by atoms with van der Waals surface area (Å²) in [5, 5.41) is 6.48. The standard InChI is InChI=1S/C18H29N3O2S.HI/c1-5-19-17(21-16-9-10-24(22,23)12-16)20-13-18(3,4)15-8-6-7-14(2)11-15;/h6-8,11,16H,5,9-10,12-13H2,1-4H3,(H2,19,20,21);1H. The van der Waals surface area contributed by atoms with E-state index in [0.717, 1.165) is 6.54 Å². The van der Waals surface area contributed by atoms with Gasteiger partial charge in [0.25, 0.3) is 0 Å². The fourth-order valence-electron chi connectivity index (χ4n) is 2.86. The number of sulfone groups is 1. The second kappa shape index (κ2) is 9.21. The van der Waals surface area contributed by atoms with E-state index in [1.54, 1.807) is 0 Å². The number of nitrogens with one attached hydrogen (secondary N) is 2. The maximum atomic E-state index is 11.6. The van der Waals surface area contributed by atoms with Gasteiger partial charge in [0.15, 0.2) is 15.8 Å². The Kier molecular flexibility index (Phi) is 8.18. The van der Waals surface area contributed by atoms with Crippen molar-refractivity contribution in [2.45, 2.75) is 45.6 Å². The van der Waals surface area contributed by atoms with Gasteiger partial charge in [0, 0.05) is 18.0 Å². The third kappa shape index (κ3) is 6.77. The van der Waals surface area contributed by atoms with Gasteiger partial charge in [-0.2, -0.15) is 0 Å². The molecule has 1 saturated heterocycles. The van der Waals surface area contributed by atoms with E-state index < -0.39 is 9.84 Å². The zero-order chi connectivity index (χ0) is 17.8. The van der Waals surface area contributed by atoms with Gasteiger partial charge in [0.2, 0.25) is 0 Å². The monoisotopic (exact) mass is 479 g/mol. The molecule has 0 radical (unpaired) electrons. The minimum absolute atomic E-state index is 0. The van der Waals surface area contributed by atoms with Gasteiger partial charge in [-0.3, -0.25) is 4.99 Å². The summed E-state index contributed by atoms with van der Waals surface area (Å²) in [4.78, 5) is 4.70. The average Bonchev–Trinajstić information content (AvgIpc) is 2.84. The minimum atomic E-state index is -2.89. The van der Waals surface area contributed by atoms with Crippen molar-refractivity contribution in [1.29, 1.82) is 0 Å². The summed E-state index contributed by atoms with van der Waals surface area (Å²) >= 11 is 0. The number of benzene rings is 1. The zero-order valence-electron chi connectivity index (χ0n) is 15.5. The molecule has 1 heterocycles. The van der Waals surface area contributed by atoms with Crippen LogP contribution in [0.4, 0.5) is 0 Å². The third-order valence-electron chi connectivity index (χ3n) is 4.35. The van der Waals surface area contributed by atoms with Crippen molar-refractivity contribution < 1.29 is 8.42 Å². The number of halogens is 1. The average molecular weight is 479 g/mol. The number of guanidine groups is 1. The van der Waals surface area contributed by atoms with Crippen molar-refractivity contribution in [3.63, 3.8) is 0 Å². The van der Waals surface area contributed by atoms with E-state index in [4.69, 9.17) is 4.99 Å². The van der Waals surface area contributed by atoms with E-state index in [1.807, 2.05) is 6.92 Å². The molecule has 1 atom stereocenters. The quantitative estimate of drug-likeness (QED) is 0.387. The topological polar surface area (TPSA) is 70.6 Å². The van der Waals surface area contributed by atoms with Crippen LogP contribution < -0.4 is 10.6 Å². The molecule has 2 N–H and O–H groups in total. The molecule has 1 aromatic carbocycles. The van der Waals surface area contributed by atoms with E-state index in [9.17, 15) is 8.42 Å². The normalized spacial score (nSPS) is 20.0. The highest BCUT2D eigenvalue weighted by Gasteiger charge is 2.28. The highest BCUT2D eigenvalue weighted by Crippen LogP contribution is 2.24. The SMILES string of the molecule is CCNC(=NCC(C)(C)c1cccc(C)c1)NC1CCS(=O)(=O)C1.I. The Hall–Kier alpha value is -0.830. The summed E-state index contributed by atoms with van der Waals surface area (Å²) in [6, 6.07) is 8.44. The van der Waals surface area contributed by atoms with Crippen molar-refractivity contribution in [3.8, 4) is 0 Å². The first-order valence-corrected chi connectivity index (χ1v) is 10.4. The van der Waals surface area contributed by atoms with Gasteiger partial charge < -0.3 is 10.6 Å². The maximum absolute atomic E-state index is 11.6. The Morgan fingerprint density at radius 1 is 1.36 bits per heavy atom. The van der Waals surface area contributed by atoms with Gasteiger partial charge in [-0.15, -0.1) is 24.0 Å². The molecule has 1 fully saturated rings. The molecule has 2 rings (SSSR count). The molecule has 1 aliphatic heterocycles. The zero-order valence-corrected chi connectivity index (χ0v) is 18.6. The second-order valence-corrected chi connectivity index (χ2v) is 9.42. The number of rotatable bonds is 5. The number of aliphatic imine (C=N–C) groups is 1. The largest absolute Gasteiger partial charge is 0.357 e. The summed E-state index contributed by atoms with van der Waals surface area (Å²) in [7, 11) is -2.89. The Morgan fingerprint density at radius 3 is 2.64 bits per heavy atom. The van der Waals surface area contributed by atoms with Gasteiger partial charge in [0.05, 0.1) is 18.1 Å². The molecular formula is C18H30IN3O2S. The van der Waals surface area contributed by atoms with Crippen LogP contribution in [0, 0.1) is 6.92 Å². The van der Waals surface area contributed by atoms with E-state index in [0.29, 0.717) is 18.9 Å². The second-order valence-electron chi connectivity index (χ2n) is 7.19. The van der Waals surface area contributed by atoms with Crippen LogP contribution in [-0.2, 0) is 15.3 Å². The van der Waals surface area contributed by atoms with Gasteiger partial charge in [-0.25, -0.2) is 8.42 Å². The first kappa shape index (κ1) is 22.2. The maximum Gasteiger partial charge on any atom is 0.191 e. The number of aryl methyl sites for hydroxylation is 1. The van der Waals surface area contributed by atoms with E-state index >= 15 is 0 Å². The van der Waals surface area contributed by atoms with Crippen molar-refractivity contribution >= 4 is 39.8 Å². The van der Waals surface area contributed by atoms with Crippen LogP contribution in [0.2, 0.25) is 0 Å². The lowest BCUT2D eigenvalue weighted by molar-refractivity contribution is 0.534. The van der Waals surface area contributed by atoms with Crippen LogP contribution >= 0.6 is 24.0 Å². The molecule has 0 bridgehead atoms. The summed E-state index contributed by atoms with van der Waals surface area (Å²) < 4.78 is 23.2. The molecule has 0 amide bonds. The molecule has 0 saturated carbocycles. The molecule has 0 aliphatic carbocycles. The van der Waals surface area contributed by atoms with E-state index in [2.05, 4.69) is 55.7 Å². The highest BCUT2D eigenvalue weighted by molar-refractivity contribution is 14.0. The Balaban J connectivity index is 0.00000312. The van der Waals surface area contributed by atoms with Crippen LogP contribution in [0.1, 0.15) is 38.3 Å². The fraction of sp³-hybridized carbons (Fsp3) is 0.611. The summed E-state index contributed by atoms with van der Waals surface area (Å²) in [6.45, 7) is 9.83. The minimum Gasteiger partial charge on any atom is -0.357 e. The molecule has 0 spiro atoms.